The predicted octanol–water partition coefficient (Wildman–Crippen LogP) is 1.91. The molecule has 6 nitrogen and oxygen atoms in total. The highest BCUT2D eigenvalue weighted by atomic mass is 16.5. The molecule has 1 N–H and O–H groups in total. The highest BCUT2D eigenvalue weighted by molar-refractivity contribution is 5.87. The summed E-state index contributed by atoms with van der Waals surface area (Å²) in [4.78, 5) is 18.7. The van der Waals surface area contributed by atoms with Gasteiger partial charge in [-0.3, -0.25) is 4.79 Å². The molecule has 0 atom stereocenters. The molecule has 0 saturated heterocycles. The van der Waals surface area contributed by atoms with E-state index in [1.165, 1.54) is 6.33 Å². The number of nitrogens with zero attached hydrogens (tertiary/aromatic N) is 3. The zero-order valence-corrected chi connectivity index (χ0v) is 9.78. The fourth-order valence-electron chi connectivity index (χ4n) is 1.89. The topological polar surface area (TPSA) is 89.1 Å². The summed E-state index contributed by atoms with van der Waals surface area (Å²) in [6.07, 6.45) is 4.68. The number of hydrogen-bond acceptors (Lipinski definition) is 5. The molecule has 2 aromatic heterocycles. The van der Waals surface area contributed by atoms with Crippen molar-refractivity contribution in [2.24, 2.45) is 0 Å². The lowest BCUT2D eigenvalue weighted by Crippen LogP contribution is -2.00. The third-order valence-corrected chi connectivity index (χ3v) is 2.76. The van der Waals surface area contributed by atoms with Crippen LogP contribution in [-0.4, -0.2) is 26.2 Å². The van der Waals surface area contributed by atoms with Crippen molar-refractivity contribution < 1.29 is 14.4 Å². The molecule has 0 unspecified atom stereocenters. The molecule has 0 bridgehead atoms. The summed E-state index contributed by atoms with van der Waals surface area (Å²) in [6, 6.07) is 5.45. The molecule has 0 aliphatic carbocycles. The van der Waals surface area contributed by atoms with Crippen molar-refractivity contribution in [3.8, 4) is 11.1 Å². The van der Waals surface area contributed by atoms with Crippen LogP contribution in [0.4, 0.5) is 0 Å². The molecule has 3 aromatic rings. The Morgan fingerprint density at radius 2 is 2.00 bits per heavy atom. The molecule has 0 spiro atoms. The van der Waals surface area contributed by atoms with Crippen molar-refractivity contribution in [3.63, 3.8) is 0 Å². The molecule has 2 heterocycles. The molecule has 0 radical (unpaired) electrons. The third-order valence-electron chi connectivity index (χ3n) is 2.76. The van der Waals surface area contributed by atoms with Crippen molar-refractivity contribution in [1.82, 2.24) is 15.1 Å². The molecular formula is C13H9N3O3. The second-order valence-electron chi connectivity index (χ2n) is 4.04. The minimum Gasteiger partial charge on any atom is -0.481 e. The van der Waals surface area contributed by atoms with Crippen LogP contribution >= 0.6 is 0 Å². The summed E-state index contributed by atoms with van der Waals surface area (Å²) in [5.41, 5.74) is 2.73. The fourth-order valence-corrected chi connectivity index (χ4v) is 1.89. The maximum atomic E-state index is 10.8. The van der Waals surface area contributed by atoms with Gasteiger partial charge in [-0.25, -0.2) is 9.97 Å². The minimum absolute atomic E-state index is 0.165. The Bertz CT molecular complexity index is 737. The Balaban J connectivity index is 2.11. The van der Waals surface area contributed by atoms with E-state index >= 15 is 0 Å². The van der Waals surface area contributed by atoms with Gasteiger partial charge in [0.05, 0.1) is 6.42 Å². The molecule has 0 fully saturated rings. The molecule has 1 aromatic carbocycles. The Morgan fingerprint density at radius 1 is 1.21 bits per heavy atom. The van der Waals surface area contributed by atoms with Crippen LogP contribution in [0, 0.1) is 0 Å². The quantitative estimate of drug-likeness (QED) is 0.769. The normalized spacial score (nSPS) is 10.7. The average molecular weight is 255 g/mol. The van der Waals surface area contributed by atoms with Gasteiger partial charge in [-0.2, -0.15) is 0 Å². The van der Waals surface area contributed by atoms with Crippen molar-refractivity contribution in [3.05, 3.63) is 42.6 Å². The summed E-state index contributed by atoms with van der Waals surface area (Å²) in [6.45, 7) is 0. The molecule has 19 heavy (non-hydrogen) atoms. The van der Waals surface area contributed by atoms with E-state index in [2.05, 4.69) is 15.1 Å². The molecule has 0 aliphatic heterocycles. The second-order valence-corrected chi connectivity index (χ2v) is 4.04. The highest BCUT2D eigenvalue weighted by Gasteiger charge is 2.12. The molecular weight excluding hydrogens is 246 g/mol. The Labute approximate surface area is 107 Å². The summed E-state index contributed by atoms with van der Waals surface area (Å²) < 4.78 is 5.10. The standard InChI is InChI=1S/C13H9N3O3/c17-13(18)4-11-10-3-8(1-2-12(10)19-16-11)9-5-14-7-15-6-9/h1-3,5-7H,4H2,(H,17,18). The number of carbonyl (C=O) groups is 1. The Hall–Kier alpha value is -2.76. The maximum Gasteiger partial charge on any atom is 0.309 e. The number of aliphatic carboxylic acids is 1. The smallest absolute Gasteiger partial charge is 0.309 e. The van der Waals surface area contributed by atoms with Crippen LogP contribution in [0.25, 0.3) is 22.1 Å². The summed E-state index contributed by atoms with van der Waals surface area (Å²) >= 11 is 0. The number of hydrogen-bond donors (Lipinski definition) is 1. The van der Waals surface area contributed by atoms with Gasteiger partial charge in [0.2, 0.25) is 0 Å². The zero-order valence-electron chi connectivity index (χ0n) is 9.78. The molecule has 94 valence electrons. The second kappa shape index (κ2) is 4.49. The van der Waals surface area contributed by atoms with Crippen LogP contribution in [0.2, 0.25) is 0 Å². The van der Waals surface area contributed by atoms with Crippen LogP contribution in [0.15, 0.2) is 41.4 Å². The number of benzene rings is 1. The Morgan fingerprint density at radius 3 is 2.74 bits per heavy atom. The first-order valence-electron chi connectivity index (χ1n) is 5.59. The first-order chi connectivity index (χ1) is 9.24. The van der Waals surface area contributed by atoms with E-state index in [0.29, 0.717) is 16.7 Å². The van der Waals surface area contributed by atoms with Gasteiger partial charge in [-0.15, -0.1) is 0 Å². The number of carboxylic acids is 1. The number of aromatic nitrogens is 3. The van der Waals surface area contributed by atoms with Gasteiger partial charge in [0, 0.05) is 23.3 Å². The predicted molar refractivity (Wildman–Crippen MR) is 66.4 cm³/mol. The van der Waals surface area contributed by atoms with Crippen molar-refractivity contribution >= 4 is 16.9 Å². The van der Waals surface area contributed by atoms with E-state index in [9.17, 15) is 4.79 Å². The Kier molecular flexibility index (Phi) is 2.68. The SMILES string of the molecule is O=C(O)Cc1noc2ccc(-c3cncnc3)cc12. The van der Waals surface area contributed by atoms with Gasteiger partial charge in [0.1, 0.15) is 12.0 Å². The minimum atomic E-state index is -0.941. The summed E-state index contributed by atoms with van der Waals surface area (Å²) in [7, 11) is 0. The summed E-state index contributed by atoms with van der Waals surface area (Å²) in [5.74, 6) is -0.941. The number of rotatable bonds is 3. The number of fused-ring (bicyclic) bond motifs is 1. The van der Waals surface area contributed by atoms with Gasteiger partial charge in [0.15, 0.2) is 5.58 Å². The van der Waals surface area contributed by atoms with Crippen molar-refractivity contribution in [1.29, 1.82) is 0 Å². The maximum absolute atomic E-state index is 10.8. The van der Waals surface area contributed by atoms with Crippen LogP contribution in [0.1, 0.15) is 5.69 Å². The largest absolute Gasteiger partial charge is 0.481 e. The molecule has 0 amide bonds. The first kappa shape index (κ1) is 11.3. The van der Waals surface area contributed by atoms with E-state index in [0.717, 1.165) is 11.1 Å². The van der Waals surface area contributed by atoms with Gasteiger partial charge in [0.25, 0.3) is 0 Å². The first-order valence-corrected chi connectivity index (χ1v) is 5.59. The van der Waals surface area contributed by atoms with Gasteiger partial charge in [-0.05, 0) is 17.7 Å². The average Bonchev–Trinajstić information content (AvgIpc) is 2.82. The van der Waals surface area contributed by atoms with Crippen LogP contribution in [-0.2, 0) is 11.2 Å². The monoisotopic (exact) mass is 255 g/mol. The van der Waals surface area contributed by atoms with E-state index in [1.807, 2.05) is 12.1 Å². The lowest BCUT2D eigenvalue weighted by molar-refractivity contribution is -0.136. The van der Waals surface area contributed by atoms with Gasteiger partial charge < -0.3 is 9.63 Å². The van der Waals surface area contributed by atoms with E-state index in [-0.39, 0.29) is 6.42 Å². The molecule has 0 saturated carbocycles. The third kappa shape index (κ3) is 2.15. The number of carboxylic acid groups (broad SMARTS) is 1. The highest BCUT2D eigenvalue weighted by Crippen LogP contribution is 2.25. The van der Waals surface area contributed by atoms with Crippen LogP contribution in [0.5, 0.6) is 0 Å². The fraction of sp³-hybridized carbons (Fsp3) is 0.0769. The molecule has 6 heteroatoms. The van der Waals surface area contributed by atoms with E-state index < -0.39 is 5.97 Å². The van der Waals surface area contributed by atoms with Crippen LogP contribution in [0.3, 0.4) is 0 Å². The van der Waals surface area contributed by atoms with E-state index in [1.54, 1.807) is 18.5 Å². The lowest BCUT2D eigenvalue weighted by Gasteiger charge is -2.00. The van der Waals surface area contributed by atoms with Crippen molar-refractivity contribution in [2.45, 2.75) is 6.42 Å². The lowest BCUT2D eigenvalue weighted by atomic mass is 10.1. The molecule has 0 aliphatic rings. The van der Waals surface area contributed by atoms with Gasteiger partial charge in [-0.1, -0.05) is 11.2 Å². The zero-order chi connectivity index (χ0) is 13.2. The van der Waals surface area contributed by atoms with Crippen LogP contribution < -0.4 is 0 Å². The summed E-state index contributed by atoms with van der Waals surface area (Å²) in [5, 5.41) is 13.3. The van der Waals surface area contributed by atoms with Gasteiger partial charge >= 0.3 is 5.97 Å². The molecule has 3 rings (SSSR count). The van der Waals surface area contributed by atoms with E-state index in [4.69, 9.17) is 9.63 Å². The van der Waals surface area contributed by atoms with Crippen molar-refractivity contribution in [2.75, 3.05) is 0 Å².